The van der Waals surface area contributed by atoms with Crippen LogP contribution in [0.25, 0.3) is 0 Å². The Balaban J connectivity index is 2.26. The minimum absolute atomic E-state index is 0.425. The van der Waals surface area contributed by atoms with Gasteiger partial charge in [-0.1, -0.05) is 13.0 Å². The molecule has 0 amide bonds. The zero-order chi connectivity index (χ0) is 13.7. The van der Waals surface area contributed by atoms with Crippen LogP contribution >= 0.6 is 0 Å². The first-order valence-corrected chi connectivity index (χ1v) is 6.11. The molecule has 1 aromatic heterocycles. The second-order valence-electron chi connectivity index (χ2n) is 3.93. The highest BCUT2D eigenvalue weighted by molar-refractivity contribution is 5.45. The average molecular weight is 259 g/mol. The quantitative estimate of drug-likeness (QED) is 0.894. The number of aromatic nitrogens is 2. The van der Waals surface area contributed by atoms with Gasteiger partial charge in [-0.3, -0.25) is 4.98 Å². The third-order valence-electron chi connectivity index (χ3n) is 2.72. The Hall–Kier alpha value is -2.30. The summed E-state index contributed by atoms with van der Waals surface area (Å²) in [5.41, 5.74) is 1.19. The summed E-state index contributed by atoms with van der Waals surface area (Å²) < 4.78 is 11.0. The van der Waals surface area contributed by atoms with Gasteiger partial charge in [0, 0.05) is 7.05 Å². The first-order chi connectivity index (χ1) is 9.26. The van der Waals surface area contributed by atoms with E-state index in [1.165, 1.54) is 5.56 Å². The van der Waals surface area contributed by atoms with Crippen LogP contribution < -0.4 is 14.8 Å². The SMILES string of the molecule is CCc1ccc(Oc2cncc(NC)n2)c(OC)c1. The van der Waals surface area contributed by atoms with E-state index in [4.69, 9.17) is 9.47 Å². The molecule has 0 saturated heterocycles. The van der Waals surface area contributed by atoms with Crippen LogP contribution in [-0.4, -0.2) is 24.1 Å². The Bertz CT molecular complexity index is 558. The van der Waals surface area contributed by atoms with Crippen LogP contribution in [0.5, 0.6) is 17.4 Å². The van der Waals surface area contributed by atoms with Gasteiger partial charge in [0.1, 0.15) is 5.82 Å². The number of rotatable bonds is 5. The molecule has 0 aliphatic heterocycles. The third kappa shape index (κ3) is 3.13. The highest BCUT2D eigenvalue weighted by Crippen LogP contribution is 2.31. The summed E-state index contributed by atoms with van der Waals surface area (Å²) in [7, 11) is 3.40. The molecule has 0 unspecified atom stereocenters. The van der Waals surface area contributed by atoms with Crippen molar-refractivity contribution in [2.24, 2.45) is 0 Å². The number of methoxy groups -OCH3 is 1. The van der Waals surface area contributed by atoms with Gasteiger partial charge in [-0.2, -0.15) is 4.98 Å². The van der Waals surface area contributed by atoms with Gasteiger partial charge in [-0.05, 0) is 24.1 Å². The van der Waals surface area contributed by atoms with Gasteiger partial charge in [0.25, 0.3) is 0 Å². The molecular formula is C14H17N3O2. The molecule has 2 rings (SSSR count). The summed E-state index contributed by atoms with van der Waals surface area (Å²) in [4.78, 5) is 8.30. The fourth-order valence-corrected chi connectivity index (χ4v) is 1.65. The fourth-order valence-electron chi connectivity index (χ4n) is 1.65. The van der Waals surface area contributed by atoms with E-state index in [0.29, 0.717) is 23.2 Å². The first-order valence-electron chi connectivity index (χ1n) is 6.11. The van der Waals surface area contributed by atoms with E-state index in [1.54, 1.807) is 26.6 Å². The number of nitrogens with zero attached hydrogens (tertiary/aromatic N) is 2. The van der Waals surface area contributed by atoms with Gasteiger partial charge in [0.05, 0.1) is 19.5 Å². The molecule has 1 N–H and O–H groups in total. The summed E-state index contributed by atoms with van der Waals surface area (Å²) >= 11 is 0. The Morgan fingerprint density at radius 2 is 2.05 bits per heavy atom. The zero-order valence-electron chi connectivity index (χ0n) is 11.3. The average Bonchev–Trinajstić information content (AvgIpc) is 2.48. The van der Waals surface area contributed by atoms with Crippen molar-refractivity contribution < 1.29 is 9.47 Å². The van der Waals surface area contributed by atoms with Gasteiger partial charge < -0.3 is 14.8 Å². The Kier molecular flexibility index (Phi) is 4.18. The summed E-state index contributed by atoms with van der Waals surface area (Å²) in [6.07, 6.45) is 4.14. The molecule has 0 spiro atoms. The van der Waals surface area contributed by atoms with E-state index >= 15 is 0 Å². The maximum absolute atomic E-state index is 5.70. The zero-order valence-corrected chi connectivity index (χ0v) is 11.3. The lowest BCUT2D eigenvalue weighted by Crippen LogP contribution is -1.97. The van der Waals surface area contributed by atoms with Crippen LogP contribution in [0.3, 0.4) is 0 Å². The van der Waals surface area contributed by atoms with Crippen LogP contribution in [0, 0.1) is 0 Å². The van der Waals surface area contributed by atoms with Gasteiger partial charge in [-0.25, -0.2) is 0 Å². The summed E-state index contributed by atoms with van der Waals surface area (Å²) in [5.74, 6) is 2.40. The predicted octanol–water partition coefficient (Wildman–Crippen LogP) is 2.88. The maximum atomic E-state index is 5.70. The molecule has 0 aliphatic rings. The van der Waals surface area contributed by atoms with Crippen molar-refractivity contribution in [1.29, 1.82) is 0 Å². The lowest BCUT2D eigenvalue weighted by molar-refractivity contribution is 0.373. The molecule has 0 aliphatic carbocycles. The molecular weight excluding hydrogens is 242 g/mol. The molecule has 5 nitrogen and oxygen atoms in total. The van der Waals surface area contributed by atoms with Gasteiger partial charge in [0.2, 0.25) is 5.88 Å². The van der Waals surface area contributed by atoms with E-state index in [2.05, 4.69) is 22.2 Å². The van der Waals surface area contributed by atoms with Crippen LogP contribution in [0.1, 0.15) is 12.5 Å². The van der Waals surface area contributed by atoms with Crippen molar-refractivity contribution in [2.75, 3.05) is 19.5 Å². The topological polar surface area (TPSA) is 56.3 Å². The first kappa shape index (κ1) is 13.1. The molecule has 0 fully saturated rings. The van der Waals surface area contributed by atoms with E-state index in [1.807, 2.05) is 18.2 Å². The molecule has 5 heteroatoms. The van der Waals surface area contributed by atoms with Gasteiger partial charge in [-0.15, -0.1) is 0 Å². The Labute approximate surface area is 112 Å². The molecule has 19 heavy (non-hydrogen) atoms. The summed E-state index contributed by atoms with van der Waals surface area (Å²) in [5, 5.41) is 2.92. The fraction of sp³-hybridized carbons (Fsp3) is 0.286. The van der Waals surface area contributed by atoms with Crippen molar-refractivity contribution >= 4 is 5.82 Å². The normalized spacial score (nSPS) is 10.1. The summed E-state index contributed by atoms with van der Waals surface area (Å²) in [6, 6.07) is 5.85. The number of anilines is 1. The molecule has 1 aromatic carbocycles. The van der Waals surface area contributed by atoms with E-state index in [-0.39, 0.29) is 0 Å². The smallest absolute Gasteiger partial charge is 0.240 e. The second kappa shape index (κ2) is 6.04. The van der Waals surface area contributed by atoms with Gasteiger partial charge in [0.15, 0.2) is 11.5 Å². The predicted molar refractivity (Wildman–Crippen MR) is 74.0 cm³/mol. The Morgan fingerprint density at radius 3 is 2.74 bits per heavy atom. The number of ether oxygens (including phenoxy) is 2. The molecule has 0 atom stereocenters. The standard InChI is InChI=1S/C14H17N3O2/c1-4-10-5-6-11(12(7-10)18-3)19-14-9-16-8-13(15-2)17-14/h5-9H,4H2,1-3H3,(H,15,17). The van der Waals surface area contributed by atoms with E-state index < -0.39 is 0 Å². The van der Waals surface area contributed by atoms with E-state index in [0.717, 1.165) is 6.42 Å². The highest BCUT2D eigenvalue weighted by atomic mass is 16.5. The monoisotopic (exact) mass is 259 g/mol. The number of hydrogen-bond donors (Lipinski definition) is 1. The molecule has 1 heterocycles. The van der Waals surface area contributed by atoms with Crippen LogP contribution in [0.15, 0.2) is 30.6 Å². The highest BCUT2D eigenvalue weighted by Gasteiger charge is 2.08. The number of benzene rings is 1. The minimum Gasteiger partial charge on any atom is -0.493 e. The lowest BCUT2D eigenvalue weighted by Gasteiger charge is -2.11. The third-order valence-corrected chi connectivity index (χ3v) is 2.72. The molecule has 0 radical (unpaired) electrons. The van der Waals surface area contributed by atoms with Crippen molar-refractivity contribution in [3.63, 3.8) is 0 Å². The lowest BCUT2D eigenvalue weighted by atomic mass is 10.1. The molecule has 100 valence electrons. The van der Waals surface area contributed by atoms with Crippen LogP contribution in [0.2, 0.25) is 0 Å². The number of nitrogens with one attached hydrogen (secondary N) is 1. The Morgan fingerprint density at radius 1 is 1.21 bits per heavy atom. The van der Waals surface area contributed by atoms with Crippen molar-refractivity contribution in [3.8, 4) is 17.4 Å². The maximum Gasteiger partial charge on any atom is 0.240 e. The molecule has 0 bridgehead atoms. The van der Waals surface area contributed by atoms with Gasteiger partial charge >= 0.3 is 0 Å². The minimum atomic E-state index is 0.425. The van der Waals surface area contributed by atoms with Crippen molar-refractivity contribution in [1.82, 2.24) is 9.97 Å². The van der Waals surface area contributed by atoms with E-state index in [9.17, 15) is 0 Å². The van der Waals surface area contributed by atoms with Crippen LogP contribution in [-0.2, 0) is 6.42 Å². The van der Waals surface area contributed by atoms with Crippen molar-refractivity contribution in [3.05, 3.63) is 36.2 Å². The van der Waals surface area contributed by atoms with Crippen molar-refractivity contribution in [2.45, 2.75) is 13.3 Å². The largest absolute Gasteiger partial charge is 0.493 e. The number of aryl methyl sites for hydroxylation is 1. The van der Waals surface area contributed by atoms with Crippen LogP contribution in [0.4, 0.5) is 5.82 Å². The summed E-state index contributed by atoms with van der Waals surface area (Å²) in [6.45, 7) is 2.09. The molecule has 0 saturated carbocycles. The molecule has 2 aromatic rings. The number of hydrogen-bond acceptors (Lipinski definition) is 5. The second-order valence-corrected chi connectivity index (χ2v) is 3.93.